The molecule has 0 aliphatic heterocycles. The van der Waals surface area contributed by atoms with E-state index in [4.69, 9.17) is 4.98 Å². The van der Waals surface area contributed by atoms with Gasteiger partial charge in [0, 0.05) is 19.2 Å². The Labute approximate surface area is 237 Å². The molecule has 0 saturated heterocycles. The minimum absolute atomic E-state index is 1.10. The lowest BCUT2D eigenvalue weighted by atomic mass is 10.1. The van der Waals surface area contributed by atoms with Gasteiger partial charge in [0.1, 0.15) is 5.82 Å². The predicted octanol–water partition coefficient (Wildman–Crippen LogP) is 11.4. The molecule has 0 aliphatic carbocycles. The molecular formula is C36H62N2. The second kappa shape index (κ2) is 23.3. The molecule has 0 N–H and O–H groups in total. The lowest BCUT2D eigenvalue weighted by Crippen LogP contribution is -2.03. The second-order valence-electron chi connectivity index (χ2n) is 11.8. The van der Waals surface area contributed by atoms with Gasteiger partial charge in [-0.25, -0.2) is 4.98 Å². The molecule has 0 atom stereocenters. The Hall–Kier alpha value is -1.57. The smallest absolute Gasteiger partial charge is 0.108 e. The van der Waals surface area contributed by atoms with E-state index in [0.717, 1.165) is 25.8 Å². The van der Waals surface area contributed by atoms with Gasteiger partial charge >= 0.3 is 0 Å². The number of aromatic nitrogens is 2. The van der Waals surface area contributed by atoms with Crippen LogP contribution in [0.3, 0.4) is 0 Å². The first-order valence-corrected chi connectivity index (χ1v) is 16.9. The molecule has 2 rings (SSSR count). The van der Waals surface area contributed by atoms with Crippen molar-refractivity contribution < 1.29 is 0 Å². The number of benzene rings is 1. The fourth-order valence-corrected chi connectivity index (χ4v) is 5.69. The highest BCUT2D eigenvalue weighted by Gasteiger charge is 2.08. The summed E-state index contributed by atoms with van der Waals surface area (Å²) in [5.41, 5.74) is 2.76. The van der Waals surface area contributed by atoms with Gasteiger partial charge in [0.15, 0.2) is 0 Å². The molecule has 1 heterocycles. The Kier molecular flexibility index (Phi) is 20.0. The van der Waals surface area contributed by atoms with Crippen LogP contribution >= 0.6 is 0 Å². The fourth-order valence-electron chi connectivity index (χ4n) is 5.69. The van der Waals surface area contributed by atoms with Gasteiger partial charge in [0.2, 0.25) is 0 Å². The van der Waals surface area contributed by atoms with E-state index in [2.05, 4.69) is 54.9 Å². The number of imidazole rings is 1. The molecule has 216 valence electrons. The van der Waals surface area contributed by atoms with E-state index in [9.17, 15) is 0 Å². The minimum atomic E-state index is 1.10. The standard InChI is InChI=1S/C36H62N2/c1-3-5-7-9-11-13-14-15-17-19-24-31-36-37-35(30-26-29-34-27-22-21-23-28-34)33-38(36)32-25-20-18-16-12-10-8-6-4-2/h21-23,27-28,33H,3-20,24-26,29-32H2,1-2H3. The third-order valence-electron chi connectivity index (χ3n) is 8.16. The minimum Gasteiger partial charge on any atom is -0.335 e. The number of unbranched alkanes of at least 4 members (excludes halogenated alkanes) is 18. The Morgan fingerprint density at radius 3 is 1.55 bits per heavy atom. The lowest BCUT2D eigenvalue weighted by molar-refractivity contribution is 0.522. The van der Waals surface area contributed by atoms with Crippen LogP contribution in [-0.4, -0.2) is 9.55 Å². The van der Waals surface area contributed by atoms with Gasteiger partial charge in [0.25, 0.3) is 0 Å². The maximum Gasteiger partial charge on any atom is 0.108 e. The van der Waals surface area contributed by atoms with Crippen LogP contribution in [0.25, 0.3) is 0 Å². The van der Waals surface area contributed by atoms with E-state index >= 15 is 0 Å². The summed E-state index contributed by atoms with van der Waals surface area (Å²) in [6, 6.07) is 10.9. The molecule has 1 aromatic carbocycles. The largest absolute Gasteiger partial charge is 0.335 e. The van der Waals surface area contributed by atoms with Gasteiger partial charge < -0.3 is 4.57 Å². The number of hydrogen-bond acceptors (Lipinski definition) is 1. The fraction of sp³-hybridized carbons (Fsp3) is 0.750. The normalized spacial score (nSPS) is 11.4. The summed E-state index contributed by atoms with van der Waals surface area (Å²) in [5, 5.41) is 0. The summed E-state index contributed by atoms with van der Waals surface area (Å²) >= 11 is 0. The topological polar surface area (TPSA) is 17.8 Å². The first-order valence-electron chi connectivity index (χ1n) is 16.9. The van der Waals surface area contributed by atoms with Crippen molar-refractivity contribution in [1.29, 1.82) is 0 Å². The van der Waals surface area contributed by atoms with Gasteiger partial charge in [-0.2, -0.15) is 0 Å². The Morgan fingerprint density at radius 2 is 1.00 bits per heavy atom. The van der Waals surface area contributed by atoms with E-state index in [1.165, 1.54) is 152 Å². The highest BCUT2D eigenvalue weighted by atomic mass is 15.1. The molecule has 0 fully saturated rings. The van der Waals surface area contributed by atoms with Crippen molar-refractivity contribution in [1.82, 2.24) is 9.55 Å². The molecular weight excluding hydrogens is 460 g/mol. The van der Waals surface area contributed by atoms with Gasteiger partial charge in [-0.1, -0.05) is 160 Å². The van der Waals surface area contributed by atoms with E-state index in [1.807, 2.05) is 0 Å². The quantitative estimate of drug-likeness (QED) is 0.112. The van der Waals surface area contributed by atoms with Gasteiger partial charge in [-0.15, -0.1) is 0 Å². The Morgan fingerprint density at radius 1 is 0.500 bits per heavy atom. The SMILES string of the molecule is CCCCCCCCCCCCCc1nc(CCCc2ccccc2)cn1CCCCCCCCCCC. The van der Waals surface area contributed by atoms with Crippen molar-refractivity contribution in [3.05, 3.63) is 53.6 Å². The van der Waals surface area contributed by atoms with Gasteiger partial charge in [0.05, 0.1) is 5.69 Å². The summed E-state index contributed by atoms with van der Waals surface area (Å²) in [5.74, 6) is 1.36. The number of nitrogens with zero attached hydrogens (tertiary/aromatic N) is 2. The molecule has 0 spiro atoms. The molecule has 0 amide bonds. The summed E-state index contributed by atoms with van der Waals surface area (Å²) in [6.07, 6.45) is 35.0. The first kappa shape index (κ1) is 32.6. The number of rotatable bonds is 26. The highest BCUT2D eigenvalue weighted by Crippen LogP contribution is 2.16. The Bertz CT molecular complexity index is 763. The van der Waals surface area contributed by atoms with Crippen molar-refractivity contribution in [2.75, 3.05) is 0 Å². The van der Waals surface area contributed by atoms with Crippen LogP contribution in [0.2, 0.25) is 0 Å². The second-order valence-corrected chi connectivity index (χ2v) is 11.8. The van der Waals surface area contributed by atoms with Crippen LogP contribution in [0.4, 0.5) is 0 Å². The zero-order valence-electron chi connectivity index (χ0n) is 25.5. The number of aryl methyl sites for hydroxylation is 4. The maximum absolute atomic E-state index is 5.14. The van der Waals surface area contributed by atoms with E-state index in [1.54, 1.807) is 0 Å². The molecule has 1 aromatic heterocycles. The van der Waals surface area contributed by atoms with Crippen LogP contribution in [0.5, 0.6) is 0 Å². The molecule has 2 aromatic rings. The zero-order valence-corrected chi connectivity index (χ0v) is 25.5. The highest BCUT2D eigenvalue weighted by molar-refractivity contribution is 5.15. The zero-order chi connectivity index (χ0) is 26.9. The van der Waals surface area contributed by atoms with Crippen LogP contribution in [0.1, 0.15) is 166 Å². The van der Waals surface area contributed by atoms with Crippen molar-refractivity contribution >= 4 is 0 Å². The molecule has 0 radical (unpaired) electrons. The first-order chi connectivity index (χ1) is 18.8. The van der Waals surface area contributed by atoms with E-state index < -0.39 is 0 Å². The molecule has 0 bridgehead atoms. The summed E-state index contributed by atoms with van der Waals surface area (Å²) in [6.45, 7) is 5.77. The van der Waals surface area contributed by atoms with Crippen molar-refractivity contribution in [2.24, 2.45) is 0 Å². The number of hydrogen-bond donors (Lipinski definition) is 0. The third-order valence-corrected chi connectivity index (χ3v) is 8.16. The molecule has 0 saturated carbocycles. The molecule has 0 unspecified atom stereocenters. The summed E-state index contributed by atoms with van der Waals surface area (Å²) in [4.78, 5) is 5.14. The molecule has 0 aliphatic rings. The average molecular weight is 523 g/mol. The van der Waals surface area contributed by atoms with Gasteiger partial charge in [-0.05, 0) is 37.7 Å². The Balaban J connectivity index is 1.68. The summed E-state index contributed by atoms with van der Waals surface area (Å²) in [7, 11) is 0. The van der Waals surface area contributed by atoms with Crippen molar-refractivity contribution in [3.8, 4) is 0 Å². The van der Waals surface area contributed by atoms with Crippen LogP contribution < -0.4 is 0 Å². The summed E-state index contributed by atoms with van der Waals surface area (Å²) < 4.78 is 2.52. The molecule has 38 heavy (non-hydrogen) atoms. The monoisotopic (exact) mass is 522 g/mol. The third kappa shape index (κ3) is 16.4. The van der Waals surface area contributed by atoms with Crippen molar-refractivity contribution in [3.63, 3.8) is 0 Å². The van der Waals surface area contributed by atoms with Crippen LogP contribution in [0, 0.1) is 0 Å². The molecule has 2 nitrogen and oxygen atoms in total. The van der Waals surface area contributed by atoms with Crippen LogP contribution in [0.15, 0.2) is 36.5 Å². The molecule has 2 heteroatoms. The lowest BCUT2D eigenvalue weighted by Gasteiger charge is -2.08. The maximum atomic E-state index is 5.14. The van der Waals surface area contributed by atoms with E-state index in [-0.39, 0.29) is 0 Å². The predicted molar refractivity (Wildman–Crippen MR) is 168 cm³/mol. The van der Waals surface area contributed by atoms with Gasteiger partial charge in [-0.3, -0.25) is 0 Å². The van der Waals surface area contributed by atoms with Crippen molar-refractivity contribution in [2.45, 2.75) is 174 Å². The average Bonchev–Trinajstić information content (AvgIpc) is 3.32. The van der Waals surface area contributed by atoms with Crippen LogP contribution in [-0.2, 0) is 25.8 Å². The van der Waals surface area contributed by atoms with E-state index in [0.29, 0.717) is 0 Å².